The minimum atomic E-state index is -0.431. The fraction of sp³-hybridized carbons (Fsp3) is 0.350. The predicted octanol–water partition coefficient (Wildman–Crippen LogP) is 4.18. The van der Waals surface area contributed by atoms with Crippen LogP contribution in [-0.2, 0) is 10.5 Å². The molecule has 0 amide bonds. The number of para-hydroxylation sites is 1. The van der Waals surface area contributed by atoms with Crippen molar-refractivity contribution in [2.45, 2.75) is 42.6 Å². The van der Waals surface area contributed by atoms with E-state index in [0.29, 0.717) is 33.1 Å². The minimum absolute atomic E-state index is 0.00244. The quantitative estimate of drug-likeness (QED) is 0.373. The molecule has 1 fully saturated rings. The lowest BCUT2D eigenvalue weighted by atomic mass is 10.2. The summed E-state index contributed by atoms with van der Waals surface area (Å²) in [4.78, 5) is 29.7. The van der Waals surface area contributed by atoms with Gasteiger partial charge < -0.3 is 9.15 Å². The zero-order valence-corrected chi connectivity index (χ0v) is 15.8. The van der Waals surface area contributed by atoms with Gasteiger partial charge in [-0.05, 0) is 31.0 Å². The molecule has 4 rings (SSSR count). The van der Waals surface area contributed by atoms with Crippen LogP contribution in [0.15, 0.2) is 51.0 Å². The van der Waals surface area contributed by atoms with Gasteiger partial charge in [0.1, 0.15) is 11.3 Å². The van der Waals surface area contributed by atoms with Gasteiger partial charge in [0.05, 0.1) is 30.0 Å². The Hall–Kier alpha value is -2.54. The molecule has 0 bridgehead atoms. The molecule has 6 nitrogen and oxygen atoms in total. The normalized spacial score (nSPS) is 14.7. The molecule has 0 N–H and O–H groups in total. The van der Waals surface area contributed by atoms with Gasteiger partial charge in [0, 0.05) is 6.04 Å². The van der Waals surface area contributed by atoms with Crippen LogP contribution in [0.2, 0.25) is 0 Å². The molecule has 27 heavy (non-hydrogen) atoms. The highest BCUT2D eigenvalue weighted by atomic mass is 32.2. The Morgan fingerprint density at radius 3 is 2.85 bits per heavy atom. The van der Waals surface area contributed by atoms with Gasteiger partial charge in [-0.15, -0.1) is 0 Å². The summed E-state index contributed by atoms with van der Waals surface area (Å²) >= 11 is 1.41. The molecule has 0 atom stereocenters. The third-order valence-corrected chi connectivity index (χ3v) is 5.90. The topological polar surface area (TPSA) is 74.3 Å². The zero-order chi connectivity index (χ0) is 18.8. The van der Waals surface area contributed by atoms with E-state index in [1.165, 1.54) is 25.1 Å². The Morgan fingerprint density at radius 2 is 2.07 bits per heavy atom. The highest BCUT2D eigenvalue weighted by molar-refractivity contribution is 7.98. The number of hydrogen-bond acceptors (Lipinski definition) is 6. The number of furan rings is 1. The Kier molecular flexibility index (Phi) is 5.03. The standard InChI is InChI=1S/C20H20N2O4S/c1-25-19(24)15-10-11-26-17(15)12-27-20-21-16-9-5-4-8-14(16)18(23)22(20)13-6-2-3-7-13/h4-5,8-11,13H,2-3,6-7,12H2,1H3. The molecule has 0 aliphatic heterocycles. The number of hydrogen-bond donors (Lipinski definition) is 0. The summed E-state index contributed by atoms with van der Waals surface area (Å²) in [6.45, 7) is 0. The highest BCUT2D eigenvalue weighted by Gasteiger charge is 2.24. The molecule has 0 unspecified atom stereocenters. The molecule has 1 aliphatic rings. The average Bonchev–Trinajstić information content (AvgIpc) is 3.38. The van der Waals surface area contributed by atoms with Crippen molar-refractivity contribution in [1.29, 1.82) is 0 Å². The van der Waals surface area contributed by atoms with Gasteiger partial charge in [0.25, 0.3) is 5.56 Å². The van der Waals surface area contributed by atoms with Crippen molar-refractivity contribution in [3.05, 3.63) is 58.3 Å². The number of carbonyl (C=O) groups excluding carboxylic acids is 1. The van der Waals surface area contributed by atoms with E-state index in [9.17, 15) is 9.59 Å². The summed E-state index contributed by atoms with van der Waals surface area (Å²) in [5.74, 6) is 0.487. The lowest BCUT2D eigenvalue weighted by Gasteiger charge is -2.18. The van der Waals surface area contributed by atoms with Crippen LogP contribution in [0.4, 0.5) is 0 Å². The largest absolute Gasteiger partial charge is 0.468 e. The summed E-state index contributed by atoms with van der Waals surface area (Å²) in [7, 11) is 1.34. The molecule has 140 valence electrons. The van der Waals surface area contributed by atoms with Crippen LogP contribution >= 0.6 is 11.8 Å². The first kappa shape index (κ1) is 17.9. The summed E-state index contributed by atoms with van der Waals surface area (Å²) in [6.07, 6.45) is 5.70. The van der Waals surface area contributed by atoms with Crippen molar-refractivity contribution >= 4 is 28.6 Å². The van der Waals surface area contributed by atoms with Crippen LogP contribution in [-0.4, -0.2) is 22.6 Å². The third-order valence-electron chi connectivity index (χ3n) is 4.95. The van der Waals surface area contributed by atoms with Crippen LogP contribution in [0.5, 0.6) is 0 Å². The molecular weight excluding hydrogens is 364 g/mol. The average molecular weight is 384 g/mol. The summed E-state index contributed by atoms with van der Waals surface area (Å²) < 4.78 is 12.1. The second-order valence-corrected chi connectivity index (χ2v) is 7.51. The van der Waals surface area contributed by atoms with Crippen LogP contribution in [0.25, 0.3) is 10.9 Å². The van der Waals surface area contributed by atoms with Crippen LogP contribution in [0.1, 0.15) is 47.8 Å². The molecule has 2 heterocycles. The number of nitrogens with zero attached hydrogens (tertiary/aromatic N) is 2. The smallest absolute Gasteiger partial charge is 0.341 e. The van der Waals surface area contributed by atoms with Gasteiger partial charge in [0.2, 0.25) is 0 Å². The molecule has 0 radical (unpaired) electrons. The fourth-order valence-corrected chi connectivity index (χ4v) is 4.60. The number of rotatable bonds is 5. The molecule has 1 saturated carbocycles. The van der Waals surface area contributed by atoms with E-state index in [4.69, 9.17) is 14.1 Å². The second kappa shape index (κ2) is 7.60. The predicted molar refractivity (Wildman–Crippen MR) is 103 cm³/mol. The first-order valence-electron chi connectivity index (χ1n) is 8.98. The van der Waals surface area contributed by atoms with E-state index in [1.54, 1.807) is 6.07 Å². The highest BCUT2D eigenvalue weighted by Crippen LogP contribution is 2.33. The minimum Gasteiger partial charge on any atom is -0.468 e. The molecule has 7 heteroatoms. The maximum absolute atomic E-state index is 13.1. The maximum Gasteiger partial charge on any atom is 0.341 e. The lowest BCUT2D eigenvalue weighted by Crippen LogP contribution is -2.26. The van der Waals surface area contributed by atoms with E-state index in [1.807, 2.05) is 28.8 Å². The number of fused-ring (bicyclic) bond motifs is 1. The van der Waals surface area contributed by atoms with E-state index >= 15 is 0 Å². The Balaban J connectivity index is 1.72. The number of aromatic nitrogens is 2. The number of thioether (sulfide) groups is 1. The molecule has 2 aromatic heterocycles. The fourth-order valence-electron chi connectivity index (χ4n) is 3.59. The molecular formula is C20H20N2O4S. The second-order valence-electron chi connectivity index (χ2n) is 6.56. The Morgan fingerprint density at radius 1 is 1.30 bits per heavy atom. The van der Waals surface area contributed by atoms with Gasteiger partial charge in [-0.1, -0.05) is 36.7 Å². The van der Waals surface area contributed by atoms with E-state index in [2.05, 4.69) is 0 Å². The number of ether oxygens (including phenoxy) is 1. The first-order valence-corrected chi connectivity index (χ1v) is 9.96. The van der Waals surface area contributed by atoms with E-state index < -0.39 is 5.97 Å². The van der Waals surface area contributed by atoms with Crippen molar-refractivity contribution in [3.8, 4) is 0 Å². The van der Waals surface area contributed by atoms with Gasteiger partial charge in [-0.25, -0.2) is 9.78 Å². The van der Waals surface area contributed by atoms with Crippen molar-refractivity contribution in [3.63, 3.8) is 0 Å². The number of esters is 1. The summed E-state index contributed by atoms with van der Waals surface area (Å²) in [5.41, 5.74) is 1.09. The van der Waals surface area contributed by atoms with Gasteiger partial charge in [-0.2, -0.15) is 0 Å². The third kappa shape index (κ3) is 3.39. The Bertz CT molecular complexity index is 1030. The molecule has 0 saturated heterocycles. The number of benzene rings is 1. The summed E-state index contributed by atoms with van der Waals surface area (Å²) in [5, 5.41) is 1.31. The van der Waals surface area contributed by atoms with Gasteiger partial charge in [-0.3, -0.25) is 9.36 Å². The SMILES string of the molecule is COC(=O)c1ccoc1CSc1nc2ccccc2c(=O)n1C1CCCC1. The first-order chi connectivity index (χ1) is 13.2. The number of carbonyl (C=O) groups is 1. The maximum atomic E-state index is 13.1. The van der Waals surface area contributed by atoms with Crippen molar-refractivity contribution in [1.82, 2.24) is 9.55 Å². The molecule has 1 aliphatic carbocycles. The van der Waals surface area contributed by atoms with E-state index in [0.717, 1.165) is 25.7 Å². The number of methoxy groups -OCH3 is 1. The Labute approximate surface area is 160 Å². The lowest BCUT2D eigenvalue weighted by molar-refractivity contribution is 0.0598. The van der Waals surface area contributed by atoms with Crippen LogP contribution in [0, 0.1) is 0 Å². The zero-order valence-electron chi connectivity index (χ0n) is 15.0. The molecule has 0 spiro atoms. The van der Waals surface area contributed by atoms with Crippen molar-refractivity contribution in [2.24, 2.45) is 0 Å². The van der Waals surface area contributed by atoms with Crippen molar-refractivity contribution in [2.75, 3.05) is 7.11 Å². The van der Waals surface area contributed by atoms with Crippen LogP contribution < -0.4 is 5.56 Å². The summed E-state index contributed by atoms with van der Waals surface area (Å²) in [6, 6.07) is 9.19. The van der Waals surface area contributed by atoms with Crippen molar-refractivity contribution < 1.29 is 13.9 Å². The van der Waals surface area contributed by atoms with E-state index in [-0.39, 0.29) is 11.6 Å². The monoisotopic (exact) mass is 384 g/mol. The van der Waals surface area contributed by atoms with Gasteiger partial charge in [0.15, 0.2) is 5.16 Å². The van der Waals surface area contributed by atoms with Gasteiger partial charge >= 0.3 is 5.97 Å². The van der Waals surface area contributed by atoms with Crippen LogP contribution in [0.3, 0.4) is 0 Å². The molecule has 3 aromatic rings. The molecule has 1 aromatic carbocycles.